The fourth-order valence-electron chi connectivity index (χ4n) is 4.18. The number of nitrogens with zero attached hydrogens (tertiary/aromatic N) is 2. The zero-order chi connectivity index (χ0) is 23.8. The monoisotopic (exact) mass is 582 g/mol. The summed E-state index contributed by atoms with van der Waals surface area (Å²) >= 11 is 3.18. The van der Waals surface area contributed by atoms with Gasteiger partial charge in [-0.1, -0.05) is 48.5 Å². The topological polar surface area (TPSA) is 42.3 Å². The lowest BCUT2D eigenvalue weighted by Gasteiger charge is -2.12. The van der Waals surface area contributed by atoms with Gasteiger partial charge >= 0.3 is 0 Å². The second-order valence-corrected chi connectivity index (χ2v) is 10.3. The van der Waals surface area contributed by atoms with E-state index in [0.717, 1.165) is 43.1 Å². The average Bonchev–Trinajstić information content (AvgIpc) is 3.25. The molecule has 0 N–H and O–H groups in total. The molecule has 2 amide bonds. The van der Waals surface area contributed by atoms with Crippen LogP contribution in [0.1, 0.15) is 22.4 Å². The fourth-order valence-corrected chi connectivity index (χ4v) is 5.36. The van der Waals surface area contributed by atoms with Crippen LogP contribution in [0.2, 0.25) is 0 Å². The van der Waals surface area contributed by atoms with Crippen LogP contribution in [0, 0.1) is 16.3 Å². The lowest BCUT2D eigenvalue weighted by molar-refractivity contribution is -0.123. The Bertz CT molecular complexity index is 1460. The molecular weight excluding hydrogens is 562 g/mol. The first-order valence-corrected chi connectivity index (χ1v) is 12.6. The molecule has 3 aromatic carbocycles. The highest BCUT2D eigenvalue weighted by molar-refractivity contribution is 14.1. The molecule has 0 bridgehead atoms. The van der Waals surface area contributed by atoms with Gasteiger partial charge < -0.3 is 4.57 Å². The minimum atomic E-state index is -0.293. The van der Waals surface area contributed by atoms with Crippen LogP contribution >= 0.6 is 34.4 Å². The standard InChI is InChI=1S/C27H20FIN2O2S/c1-17-22(14-25-26(32)31(27(33)34-25)15-18-10-12-20(29)13-11-18)21-7-3-5-9-24(21)30(17)16-19-6-2-4-8-23(19)28/h2-14H,15-16H2,1H3/b25-14-. The smallest absolute Gasteiger partial charge is 0.293 e. The molecule has 1 saturated heterocycles. The van der Waals surface area contributed by atoms with E-state index in [2.05, 4.69) is 27.2 Å². The predicted molar refractivity (Wildman–Crippen MR) is 143 cm³/mol. The maximum absolute atomic E-state index is 14.4. The highest BCUT2D eigenvalue weighted by Crippen LogP contribution is 2.36. The van der Waals surface area contributed by atoms with Gasteiger partial charge in [0.05, 0.1) is 18.0 Å². The molecule has 4 nitrogen and oxygen atoms in total. The molecule has 1 aliphatic rings. The van der Waals surface area contributed by atoms with E-state index >= 15 is 0 Å². The van der Waals surface area contributed by atoms with Crippen LogP contribution in [-0.2, 0) is 17.9 Å². The van der Waals surface area contributed by atoms with Crippen molar-refractivity contribution in [1.29, 1.82) is 0 Å². The molecule has 7 heteroatoms. The summed E-state index contributed by atoms with van der Waals surface area (Å²) in [6.07, 6.45) is 1.80. The zero-order valence-electron chi connectivity index (χ0n) is 18.3. The third-order valence-corrected chi connectivity index (χ3v) is 7.60. The molecule has 1 fully saturated rings. The number of imide groups is 1. The van der Waals surface area contributed by atoms with Gasteiger partial charge in [0.1, 0.15) is 5.82 Å². The Morgan fingerprint density at radius 1 is 0.941 bits per heavy atom. The summed E-state index contributed by atoms with van der Waals surface area (Å²) in [5.74, 6) is -0.545. The van der Waals surface area contributed by atoms with Crippen LogP contribution in [-0.4, -0.2) is 20.6 Å². The van der Waals surface area contributed by atoms with Gasteiger partial charge in [-0.25, -0.2) is 4.39 Å². The normalized spacial score (nSPS) is 15.1. The Balaban J connectivity index is 1.51. The summed E-state index contributed by atoms with van der Waals surface area (Å²) in [6, 6.07) is 22.4. The third-order valence-electron chi connectivity index (χ3n) is 5.97. The lowest BCUT2D eigenvalue weighted by Crippen LogP contribution is -2.27. The van der Waals surface area contributed by atoms with E-state index in [0.29, 0.717) is 17.0 Å². The van der Waals surface area contributed by atoms with E-state index < -0.39 is 0 Å². The average molecular weight is 582 g/mol. The minimum Gasteiger partial charge on any atom is -0.340 e. The number of rotatable bonds is 5. The van der Waals surface area contributed by atoms with Crippen LogP contribution in [0.15, 0.2) is 77.7 Å². The van der Waals surface area contributed by atoms with Crippen LogP contribution in [0.5, 0.6) is 0 Å². The van der Waals surface area contributed by atoms with Crippen molar-refractivity contribution in [2.75, 3.05) is 0 Å². The first-order chi connectivity index (χ1) is 16.4. The van der Waals surface area contributed by atoms with Crippen molar-refractivity contribution >= 4 is 62.5 Å². The number of hydrogen-bond acceptors (Lipinski definition) is 3. The summed E-state index contributed by atoms with van der Waals surface area (Å²) in [4.78, 5) is 27.5. The molecule has 4 aromatic rings. The van der Waals surface area contributed by atoms with Crippen molar-refractivity contribution in [2.45, 2.75) is 20.0 Å². The quantitative estimate of drug-likeness (QED) is 0.189. The number of amides is 2. The van der Waals surface area contributed by atoms with Gasteiger partial charge in [0.25, 0.3) is 11.1 Å². The van der Waals surface area contributed by atoms with Gasteiger partial charge in [-0.2, -0.15) is 0 Å². The number of benzene rings is 3. The second kappa shape index (κ2) is 9.38. The minimum absolute atomic E-state index is 0.243. The van der Waals surface area contributed by atoms with Crippen molar-refractivity contribution < 1.29 is 14.0 Å². The maximum Gasteiger partial charge on any atom is 0.293 e. The Morgan fingerprint density at radius 3 is 2.41 bits per heavy atom. The summed E-state index contributed by atoms with van der Waals surface area (Å²) in [5, 5.41) is 0.684. The van der Waals surface area contributed by atoms with Crippen LogP contribution in [0.25, 0.3) is 17.0 Å². The summed E-state index contributed by atoms with van der Waals surface area (Å²) in [6.45, 7) is 2.58. The molecular formula is C27H20FIN2O2S. The third kappa shape index (κ3) is 4.30. The van der Waals surface area contributed by atoms with Crippen molar-refractivity contribution in [3.05, 3.63) is 109 Å². The number of carbonyl (C=O) groups is 2. The molecule has 0 radical (unpaired) electrons. The summed E-state index contributed by atoms with van der Waals surface area (Å²) in [5.41, 5.74) is 4.23. The zero-order valence-corrected chi connectivity index (χ0v) is 21.3. The van der Waals surface area contributed by atoms with Gasteiger partial charge in [-0.05, 0) is 77.2 Å². The van der Waals surface area contributed by atoms with E-state index in [-0.39, 0.29) is 23.5 Å². The summed E-state index contributed by atoms with van der Waals surface area (Å²) in [7, 11) is 0. The number of para-hydroxylation sites is 1. The molecule has 0 atom stereocenters. The first-order valence-electron chi connectivity index (χ1n) is 10.7. The molecule has 0 saturated carbocycles. The van der Waals surface area contributed by atoms with Crippen LogP contribution in [0.4, 0.5) is 9.18 Å². The molecule has 170 valence electrons. The number of fused-ring (bicyclic) bond motifs is 1. The molecule has 5 rings (SSSR count). The summed E-state index contributed by atoms with van der Waals surface area (Å²) < 4.78 is 17.5. The number of thioether (sulfide) groups is 1. The van der Waals surface area contributed by atoms with Crippen molar-refractivity contribution in [1.82, 2.24) is 9.47 Å². The Labute approximate surface area is 214 Å². The Hall–Kier alpha value is -2.91. The highest BCUT2D eigenvalue weighted by Gasteiger charge is 2.35. The maximum atomic E-state index is 14.4. The molecule has 0 unspecified atom stereocenters. The van der Waals surface area contributed by atoms with Crippen LogP contribution < -0.4 is 0 Å². The van der Waals surface area contributed by atoms with E-state index in [1.807, 2.05) is 61.5 Å². The largest absolute Gasteiger partial charge is 0.340 e. The van der Waals surface area contributed by atoms with E-state index in [1.54, 1.807) is 18.2 Å². The van der Waals surface area contributed by atoms with Gasteiger partial charge in [0.15, 0.2) is 0 Å². The SMILES string of the molecule is Cc1c(/C=C2\SC(=O)N(Cc3ccc(I)cc3)C2=O)c2ccccc2n1Cc1ccccc1F. The van der Waals surface area contributed by atoms with Gasteiger partial charge in [0, 0.05) is 31.3 Å². The van der Waals surface area contributed by atoms with Crippen molar-refractivity contribution in [3.63, 3.8) is 0 Å². The molecule has 1 aromatic heterocycles. The molecule has 0 spiro atoms. The second-order valence-electron chi connectivity index (χ2n) is 8.09. The number of aromatic nitrogens is 1. The number of hydrogen-bond donors (Lipinski definition) is 0. The molecule has 1 aliphatic heterocycles. The van der Waals surface area contributed by atoms with E-state index in [9.17, 15) is 14.0 Å². The Morgan fingerprint density at radius 2 is 1.65 bits per heavy atom. The fraction of sp³-hybridized carbons (Fsp3) is 0.111. The van der Waals surface area contributed by atoms with Crippen molar-refractivity contribution in [2.24, 2.45) is 0 Å². The highest BCUT2D eigenvalue weighted by atomic mass is 127. The lowest BCUT2D eigenvalue weighted by atomic mass is 10.1. The van der Waals surface area contributed by atoms with Gasteiger partial charge in [0.2, 0.25) is 0 Å². The Kier molecular flexibility index (Phi) is 6.31. The van der Waals surface area contributed by atoms with Gasteiger partial charge in [-0.15, -0.1) is 0 Å². The van der Waals surface area contributed by atoms with E-state index in [1.165, 1.54) is 11.0 Å². The van der Waals surface area contributed by atoms with Crippen LogP contribution in [0.3, 0.4) is 0 Å². The molecule has 0 aliphatic carbocycles. The number of carbonyl (C=O) groups excluding carboxylic acids is 2. The van der Waals surface area contributed by atoms with Gasteiger partial charge in [-0.3, -0.25) is 14.5 Å². The molecule has 2 heterocycles. The van der Waals surface area contributed by atoms with E-state index in [4.69, 9.17) is 0 Å². The van der Waals surface area contributed by atoms with Crippen molar-refractivity contribution in [3.8, 4) is 0 Å². The number of halogens is 2. The molecule has 34 heavy (non-hydrogen) atoms. The predicted octanol–water partition coefficient (Wildman–Crippen LogP) is 6.98. The first kappa shape index (κ1) is 22.9.